The molecule has 0 spiro atoms. The summed E-state index contributed by atoms with van der Waals surface area (Å²) in [4.78, 5) is 10.9. The first-order chi connectivity index (χ1) is 18.4. The summed E-state index contributed by atoms with van der Waals surface area (Å²) >= 11 is 6.54. The molecule has 5 rings (SSSR count). The maximum atomic E-state index is 13.9. The minimum absolute atomic E-state index is 0.0576. The molecule has 0 amide bonds. The van der Waals surface area contributed by atoms with E-state index in [4.69, 9.17) is 21.4 Å². The Morgan fingerprint density at radius 3 is 2.61 bits per heavy atom. The number of fused-ring (bicyclic) bond motifs is 1. The van der Waals surface area contributed by atoms with E-state index < -0.39 is 5.97 Å². The van der Waals surface area contributed by atoms with Crippen LogP contribution in [0.3, 0.4) is 0 Å². The Balaban J connectivity index is 1.65. The molecule has 0 bridgehead atoms. The Morgan fingerprint density at radius 2 is 1.92 bits per heavy atom. The van der Waals surface area contributed by atoms with Gasteiger partial charge in [0.2, 0.25) is 0 Å². The van der Waals surface area contributed by atoms with Gasteiger partial charge in [-0.25, -0.2) is 13.9 Å². The van der Waals surface area contributed by atoms with Crippen LogP contribution in [-0.2, 0) is 9.53 Å². The van der Waals surface area contributed by atoms with Crippen molar-refractivity contribution in [3.8, 4) is 0 Å². The minimum atomic E-state index is -0.999. The molecule has 4 aromatic rings. The Morgan fingerprint density at radius 1 is 1.13 bits per heavy atom. The highest BCUT2D eigenvalue weighted by molar-refractivity contribution is 6.32. The number of hydrogen-bond acceptors (Lipinski definition) is 3. The number of rotatable bonds is 7. The fraction of sp³-hybridized carbons (Fsp3) is 0.226. The van der Waals surface area contributed by atoms with Gasteiger partial charge in [-0.1, -0.05) is 54.9 Å². The van der Waals surface area contributed by atoms with Crippen LogP contribution in [0.25, 0.3) is 28.1 Å². The lowest BCUT2D eigenvalue weighted by Crippen LogP contribution is -2.18. The average Bonchev–Trinajstić information content (AvgIpc) is 3.35. The summed E-state index contributed by atoms with van der Waals surface area (Å²) in [6.45, 7) is 2.79. The second-order valence-corrected chi connectivity index (χ2v) is 9.72. The van der Waals surface area contributed by atoms with Crippen LogP contribution >= 0.6 is 11.6 Å². The maximum absolute atomic E-state index is 13.9. The Kier molecular flexibility index (Phi) is 7.72. The first kappa shape index (κ1) is 25.9. The zero-order chi connectivity index (χ0) is 26.6. The van der Waals surface area contributed by atoms with Gasteiger partial charge in [0, 0.05) is 18.1 Å². The number of nitrogens with zero attached hydrogens (tertiary/aromatic N) is 2. The van der Waals surface area contributed by atoms with Crippen LogP contribution in [0.1, 0.15) is 61.1 Å². The summed E-state index contributed by atoms with van der Waals surface area (Å²) in [6.07, 6.45) is 8.27. The third-order valence-corrected chi connectivity index (χ3v) is 7.15. The van der Waals surface area contributed by atoms with E-state index in [9.17, 15) is 9.18 Å². The number of allylic oxidation sites excluding steroid dienone is 1. The lowest BCUT2D eigenvalue weighted by atomic mass is 9.87. The Labute approximate surface area is 225 Å². The molecule has 194 valence electrons. The normalized spacial score (nSPS) is 16.7. The lowest BCUT2D eigenvalue weighted by molar-refractivity contribution is -0.131. The third-order valence-electron chi connectivity index (χ3n) is 6.84. The summed E-state index contributed by atoms with van der Waals surface area (Å²) in [5.41, 5.74) is 6.42. The summed E-state index contributed by atoms with van der Waals surface area (Å²) < 4.78 is 21.8. The zero-order valence-corrected chi connectivity index (χ0v) is 21.8. The number of ether oxygens (including phenoxy) is 1. The number of carbonyl (C=O) groups is 1. The minimum Gasteiger partial charge on any atom is -0.478 e. The molecule has 3 aromatic carbocycles. The van der Waals surface area contributed by atoms with Crippen LogP contribution < -0.4 is 0 Å². The molecule has 1 N–H and O–H groups in total. The van der Waals surface area contributed by atoms with E-state index in [0.29, 0.717) is 11.4 Å². The molecule has 1 atom stereocenters. The number of aromatic nitrogens is 2. The molecular formula is C31H28ClFN2O3. The molecule has 7 heteroatoms. The van der Waals surface area contributed by atoms with E-state index >= 15 is 0 Å². The van der Waals surface area contributed by atoms with E-state index in [-0.39, 0.29) is 12.0 Å². The quantitative estimate of drug-likeness (QED) is 0.194. The number of carboxylic acid groups (broad SMARTS) is 1. The van der Waals surface area contributed by atoms with Crippen LogP contribution in [0.4, 0.5) is 4.39 Å². The molecule has 1 saturated heterocycles. The van der Waals surface area contributed by atoms with Crippen molar-refractivity contribution in [1.82, 2.24) is 9.78 Å². The predicted molar refractivity (Wildman–Crippen MR) is 149 cm³/mol. The molecular weight excluding hydrogens is 503 g/mol. The van der Waals surface area contributed by atoms with Crippen molar-refractivity contribution < 1.29 is 19.0 Å². The molecule has 38 heavy (non-hydrogen) atoms. The molecule has 1 aliphatic rings. The van der Waals surface area contributed by atoms with Crippen molar-refractivity contribution in [3.05, 3.63) is 106 Å². The maximum Gasteiger partial charge on any atom is 0.328 e. The molecule has 5 nitrogen and oxygen atoms in total. The van der Waals surface area contributed by atoms with Gasteiger partial charge in [-0.3, -0.25) is 0 Å². The highest BCUT2D eigenvalue weighted by Crippen LogP contribution is 2.38. The van der Waals surface area contributed by atoms with Gasteiger partial charge >= 0.3 is 5.97 Å². The number of carboxylic acids is 1. The van der Waals surface area contributed by atoms with Crippen molar-refractivity contribution >= 4 is 45.7 Å². The van der Waals surface area contributed by atoms with E-state index in [2.05, 4.69) is 30.2 Å². The van der Waals surface area contributed by atoms with Gasteiger partial charge in [-0.05, 0) is 89.4 Å². The van der Waals surface area contributed by atoms with Crippen LogP contribution in [0.15, 0.2) is 72.9 Å². The molecule has 1 fully saturated rings. The zero-order valence-electron chi connectivity index (χ0n) is 21.0. The highest BCUT2D eigenvalue weighted by Gasteiger charge is 2.20. The molecule has 0 aliphatic carbocycles. The van der Waals surface area contributed by atoms with Gasteiger partial charge in [-0.15, -0.1) is 0 Å². The van der Waals surface area contributed by atoms with E-state index in [1.165, 1.54) is 12.1 Å². The standard InChI is InChI=1S/C31H28ClFN2O3/c1-2-25(26-13-12-24(33)18-27(26)32)31(21-9-6-20(7-10-21)8-15-30(36)37)22-11-14-28-23(17-22)19-34-35(28)29-5-3-4-16-38-29/h6-15,17-19,29H,2-5,16H2,1H3,(H,36,37)/b15-8?,31-25+. The van der Waals surface area contributed by atoms with Gasteiger partial charge < -0.3 is 9.84 Å². The molecule has 2 heterocycles. The first-order valence-electron chi connectivity index (χ1n) is 12.7. The Hall–Kier alpha value is -3.74. The van der Waals surface area contributed by atoms with Gasteiger partial charge in [0.15, 0.2) is 6.23 Å². The van der Waals surface area contributed by atoms with Crippen LogP contribution in [0.2, 0.25) is 5.02 Å². The molecule has 0 saturated carbocycles. The number of hydrogen-bond donors (Lipinski definition) is 1. The monoisotopic (exact) mass is 530 g/mol. The van der Waals surface area contributed by atoms with Crippen LogP contribution in [-0.4, -0.2) is 27.5 Å². The second kappa shape index (κ2) is 11.3. The summed E-state index contributed by atoms with van der Waals surface area (Å²) in [7, 11) is 0. The van der Waals surface area contributed by atoms with E-state index in [0.717, 1.165) is 76.2 Å². The van der Waals surface area contributed by atoms with Crippen LogP contribution in [0.5, 0.6) is 0 Å². The summed E-state index contributed by atoms with van der Waals surface area (Å²) in [6, 6.07) is 18.4. The van der Waals surface area contributed by atoms with Crippen molar-refractivity contribution in [3.63, 3.8) is 0 Å². The fourth-order valence-corrected chi connectivity index (χ4v) is 5.32. The highest BCUT2D eigenvalue weighted by atomic mass is 35.5. The lowest BCUT2D eigenvalue weighted by Gasteiger charge is -2.23. The van der Waals surface area contributed by atoms with E-state index in [1.807, 2.05) is 35.1 Å². The largest absolute Gasteiger partial charge is 0.478 e. The van der Waals surface area contributed by atoms with Crippen molar-refractivity contribution in [1.29, 1.82) is 0 Å². The SMILES string of the molecule is CC/C(=C(/c1ccc(C=CC(=O)O)cc1)c1ccc2c(cnn2C2CCCCO2)c1)c1ccc(F)cc1Cl. The van der Waals surface area contributed by atoms with Crippen molar-refractivity contribution in [2.75, 3.05) is 6.61 Å². The van der Waals surface area contributed by atoms with Gasteiger partial charge in [0.1, 0.15) is 5.82 Å². The summed E-state index contributed by atoms with van der Waals surface area (Å²) in [5.74, 6) is -1.38. The van der Waals surface area contributed by atoms with Gasteiger partial charge in [0.05, 0.1) is 16.7 Å². The molecule has 1 aliphatic heterocycles. The van der Waals surface area contributed by atoms with Crippen molar-refractivity contribution in [2.45, 2.75) is 38.8 Å². The molecule has 1 unspecified atom stereocenters. The second-order valence-electron chi connectivity index (χ2n) is 9.31. The smallest absolute Gasteiger partial charge is 0.328 e. The number of aliphatic carboxylic acids is 1. The fourth-order valence-electron chi connectivity index (χ4n) is 5.03. The van der Waals surface area contributed by atoms with Gasteiger partial charge in [-0.2, -0.15) is 5.10 Å². The number of halogens is 2. The topological polar surface area (TPSA) is 64.3 Å². The predicted octanol–water partition coefficient (Wildman–Crippen LogP) is 7.99. The molecule has 1 aromatic heterocycles. The Bertz CT molecular complexity index is 1530. The van der Waals surface area contributed by atoms with Gasteiger partial charge in [0.25, 0.3) is 0 Å². The summed E-state index contributed by atoms with van der Waals surface area (Å²) in [5, 5.41) is 15.0. The third kappa shape index (κ3) is 5.42. The van der Waals surface area contributed by atoms with Crippen LogP contribution in [0, 0.1) is 5.82 Å². The first-order valence-corrected chi connectivity index (χ1v) is 13.1. The van der Waals surface area contributed by atoms with E-state index in [1.54, 1.807) is 12.1 Å². The average molecular weight is 531 g/mol. The van der Waals surface area contributed by atoms with Crippen molar-refractivity contribution in [2.24, 2.45) is 0 Å². The molecule has 0 radical (unpaired) electrons. The number of benzene rings is 3.